The third-order valence-electron chi connectivity index (χ3n) is 4.54. The molecule has 0 radical (unpaired) electrons. The van der Waals surface area contributed by atoms with Gasteiger partial charge >= 0.3 is 0 Å². The molecule has 3 N–H and O–H groups in total. The lowest BCUT2D eigenvalue weighted by Gasteiger charge is -2.22. The maximum atomic E-state index is 14.6. The van der Waals surface area contributed by atoms with Crippen LogP contribution >= 0.6 is 0 Å². The Kier molecular flexibility index (Phi) is 4.12. The predicted octanol–water partition coefficient (Wildman–Crippen LogP) is 2.69. The quantitative estimate of drug-likeness (QED) is 0.716. The number of fused-ring (bicyclic) bond motifs is 2. The Hall–Kier alpha value is -2.91. The van der Waals surface area contributed by atoms with Crippen molar-refractivity contribution in [1.82, 2.24) is 4.98 Å². The van der Waals surface area contributed by atoms with Crippen LogP contribution in [-0.4, -0.2) is 27.1 Å². The van der Waals surface area contributed by atoms with Crippen molar-refractivity contribution >= 4 is 38.2 Å². The van der Waals surface area contributed by atoms with E-state index >= 15 is 0 Å². The largest absolute Gasteiger partial charge is 0.494 e. The molecular formula is C18H17FN4O3S. The molecule has 0 bridgehead atoms. The second kappa shape index (κ2) is 6.36. The van der Waals surface area contributed by atoms with Crippen molar-refractivity contribution in [3.63, 3.8) is 0 Å². The van der Waals surface area contributed by atoms with Crippen LogP contribution in [0.25, 0.3) is 10.9 Å². The number of methoxy groups -OCH3 is 1. The standard InChI is InChI=1S/C18H17FN4O3S/c1-26-16-5-3-13-15(6-8-21-18(13)17(16)19)23-9-7-11-10-12(2-4-14(11)23)22-27(20,24)25/h2-6,8,10,22H,7,9H2,1H3,(H2,20,24,25). The van der Waals surface area contributed by atoms with Gasteiger partial charge in [0, 0.05) is 23.8 Å². The molecule has 7 nitrogen and oxygen atoms in total. The average molecular weight is 388 g/mol. The third-order valence-corrected chi connectivity index (χ3v) is 5.06. The van der Waals surface area contributed by atoms with E-state index in [4.69, 9.17) is 9.88 Å². The zero-order chi connectivity index (χ0) is 19.2. The molecule has 0 saturated heterocycles. The first-order valence-electron chi connectivity index (χ1n) is 8.19. The van der Waals surface area contributed by atoms with Gasteiger partial charge < -0.3 is 9.64 Å². The SMILES string of the molecule is COc1ccc2c(N3CCc4cc(NS(N)(=O)=O)ccc43)ccnc2c1F. The highest BCUT2D eigenvalue weighted by atomic mass is 32.2. The highest BCUT2D eigenvalue weighted by molar-refractivity contribution is 7.90. The molecule has 0 aliphatic carbocycles. The molecule has 0 atom stereocenters. The van der Waals surface area contributed by atoms with Gasteiger partial charge in [0.05, 0.1) is 18.5 Å². The van der Waals surface area contributed by atoms with E-state index in [0.717, 1.165) is 23.4 Å². The minimum atomic E-state index is -3.83. The molecule has 1 aliphatic rings. The topological polar surface area (TPSA) is 97.5 Å². The summed E-state index contributed by atoms with van der Waals surface area (Å²) in [6, 6.07) is 10.4. The zero-order valence-corrected chi connectivity index (χ0v) is 15.3. The lowest BCUT2D eigenvalue weighted by Crippen LogP contribution is -2.21. The smallest absolute Gasteiger partial charge is 0.296 e. The fourth-order valence-electron chi connectivity index (χ4n) is 3.42. The number of rotatable bonds is 4. The summed E-state index contributed by atoms with van der Waals surface area (Å²) in [5.74, 6) is -0.350. The van der Waals surface area contributed by atoms with Crippen LogP contribution in [0.15, 0.2) is 42.6 Å². The first kappa shape index (κ1) is 17.5. The molecule has 2 aromatic carbocycles. The van der Waals surface area contributed by atoms with E-state index in [0.29, 0.717) is 17.6 Å². The molecule has 2 heterocycles. The molecule has 1 aliphatic heterocycles. The number of halogens is 1. The second-order valence-electron chi connectivity index (χ2n) is 6.20. The molecule has 0 amide bonds. The van der Waals surface area contributed by atoms with Crippen molar-refractivity contribution < 1.29 is 17.5 Å². The van der Waals surface area contributed by atoms with Gasteiger partial charge in [0.2, 0.25) is 0 Å². The molecule has 0 unspecified atom stereocenters. The monoisotopic (exact) mass is 388 g/mol. The van der Waals surface area contributed by atoms with Crippen molar-refractivity contribution in [1.29, 1.82) is 0 Å². The third kappa shape index (κ3) is 3.15. The molecule has 9 heteroatoms. The van der Waals surface area contributed by atoms with Crippen LogP contribution in [0, 0.1) is 5.82 Å². The maximum absolute atomic E-state index is 14.6. The molecule has 4 rings (SSSR count). The summed E-state index contributed by atoms with van der Waals surface area (Å²) < 4.78 is 44.3. The Morgan fingerprint density at radius 1 is 1.22 bits per heavy atom. The van der Waals surface area contributed by atoms with Gasteiger partial charge in [-0.2, -0.15) is 8.42 Å². The number of anilines is 3. The number of pyridine rings is 1. The lowest BCUT2D eigenvalue weighted by atomic mass is 10.1. The van der Waals surface area contributed by atoms with Gasteiger partial charge in [0.15, 0.2) is 11.6 Å². The van der Waals surface area contributed by atoms with Gasteiger partial charge in [-0.3, -0.25) is 9.71 Å². The summed E-state index contributed by atoms with van der Waals surface area (Å²) in [5.41, 5.74) is 3.38. The van der Waals surface area contributed by atoms with Crippen molar-refractivity contribution in [3.05, 3.63) is 54.0 Å². The summed E-state index contributed by atoms with van der Waals surface area (Å²) in [4.78, 5) is 6.22. The van der Waals surface area contributed by atoms with Crippen LogP contribution in [-0.2, 0) is 16.6 Å². The van der Waals surface area contributed by atoms with E-state index in [2.05, 4.69) is 14.6 Å². The minimum absolute atomic E-state index is 0.146. The molecule has 0 spiro atoms. The van der Waals surface area contributed by atoms with E-state index < -0.39 is 16.0 Å². The van der Waals surface area contributed by atoms with E-state index in [1.165, 1.54) is 7.11 Å². The van der Waals surface area contributed by atoms with Gasteiger partial charge in [-0.15, -0.1) is 0 Å². The minimum Gasteiger partial charge on any atom is -0.494 e. The number of aromatic nitrogens is 1. The summed E-state index contributed by atoms with van der Waals surface area (Å²) >= 11 is 0. The lowest BCUT2D eigenvalue weighted by molar-refractivity contribution is 0.388. The van der Waals surface area contributed by atoms with Crippen molar-refractivity contribution in [2.24, 2.45) is 5.14 Å². The summed E-state index contributed by atoms with van der Waals surface area (Å²) in [6.45, 7) is 0.681. The molecule has 1 aromatic heterocycles. The van der Waals surface area contributed by atoms with Gasteiger partial charge in [-0.1, -0.05) is 0 Å². The number of hydrogen-bond acceptors (Lipinski definition) is 5. The van der Waals surface area contributed by atoms with Gasteiger partial charge in [0.25, 0.3) is 10.2 Å². The highest BCUT2D eigenvalue weighted by Gasteiger charge is 2.24. The number of ether oxygens (including phenoxy) is 1. The number of nitrogens with one attached hydrogen (secondary N) is 1. The Morgan fingerprint density at radius 3 is 2.78 bits per heavy atom. The number of nitrogens with two attached hydrogens (primary N) is 1. The Labute approximate surface area is 155 Å². The van der Waals surface area contributed by atoms with Gasteiger partial charge in [-0.25, -0.2) is 9.53 Å². The normalized spacial score (nSPS) is 13.7. The van der Waals surface area contributed by atoms with Crippen molar-refractivity contribution in [2.45, 2.75) is 6.42 Å². The predicted molar refractivity (Wildman–Crippen MR) is 102 cm³/mol. The van der Waals surface area contributed by atoms with E-state index in [1.54, 1.807) is 30.5 Å². The van der Waals surface area contributed by atoms with E-state index in [9.17, 15) is 12.8 Å². The van der Waals surface area contributed by atoms with Crippen LogP contribution in [0.3, 0.4) is 0 Å². The van der Waals surface area contributed by atoms with Gasteiger partial charge in [0.1, 0.15) is 5.52 Å². The van der Waals surface area contributed by atoms with E-state index in [-0.39, 0.29) is 11.3 Å². The number of nitrogens with zero attached hydrogens (tertiary/aromatic N) is 2. The fourth-order valence-corrected chi connectivity index (χ4v) is 3.88. The van der Waals surface area contributed by atoms with Gasteiger partial charge in [-0.05, 0) is 48.4 Å². The van der Waals surface area contributed by atoms with Crippen LogP contribution in [0.4, 0.5) is 21.5 Å². The first-order valence-corrected chi connectivity index (χ1v) is 9.74. The zero-order valence-electron chi connectivity index (χ0n) is 14.4. The Morgan fingerprint density at radius 2 is 2.04 bits per heavy atom. The Balaban J connectivity index is 1.78. The molecular weight excluding hydrogens is 371 g/mol. The Bertz CT molecular complexity index is 1150. The molecule has 0 saturated carbocycles. The summed E-state index contributed by atoms with van der Waals surface area (Å²) in [5, 5.41) is 5.71. The summed E-state index contributed by atoms with van der Waals surface area (Å²) in [6.07, 6.45) is 2.28. The van der Waals surface area contributed by atoms with Crippen LogP contribution in [0.2, 0.25) is 0 Å². The molecule has 0 fully saturated rings. The molecule has 3 aromatic rings. The van der Waals surface area contributed by atoms with Crippen LogP contribution in [0.5, 0.6) is 5.75 Å². The maximum Gasteiger partial charge on any atom is 0.296 e. The van der Waals surface area contributed by atoms with E-state index in [1.807, 2.05) is 12.1 Å². The van der Waals surface area contributed by atoms with Crippen molar-refractivity contribution in [2.75, 3.05) is 23.3 Å². The molecule has 140 valence electrons. The summed E-state index contributed by atoms with van der Waals surface area (Å²) in [7, 11) is -2.41. The average Bonchev–Trinajstić information content (AvgIpc) is 3.03. The second-order valence-corrected chi connectivity index (χ2v) is 7.49. The fraction of sp³-hybridized carbons (Fsp3) is 0.167. The van der Waals surface area contributed by atoms with Crippen molar-refractivity contribution in [3.8, 4) is 5.75 Å². The number of benzene rings is 2. The van der Waals surface area contributed by atoms with Crippen LogP contribution < -0.4 is 19.5 Å². The molecule has 27 heavy (non-hydrogen) atoms. The van der Waals surface area contributed by atoms with Crippen LogP contribution in [0.1, 0.15) is 5.56 Å². The highest BCUT2D eigenvalue weighted by Crippen LogP contribution is 2.40. The first-order chi connectivity index (χ1) is 12.9. The number of hydrogen-bond donors (Lipinski definition) is 2.